The molecule has 152 valence electrons. The van der Waals surface area contributed by atoms with E-state index in [2.05, 4.69) is 46.2 Å². The molecular formula is C22H27ClN6. The predicted molar refractivity (Wildman–Crippen MR) is 121 cm³/mol. The van der Waals surface area contributed by atoms with Crippen LogP contribution in [-0.2, 0) is 6.42 Å². The Labute approximate surface area is 176 Å². The lowest BCUT2D eigenvalue weighted by molar-refractivity contribution is 0.313. The van der Waals surface area contributed by atoms with Crippen molar-refractivity contribution >= 4 is 34.8 Å². The first-order valence-corrected chi connectivity index (χ1v) is 10.5. The van der Waals surface area contributed by atoms with E-state index in [1.54, 1.807) is 5.01 Å². The van der Waals surface area contributed by atoms with Crippen LogP contribution in [-0.4, -0.2) is 29.9 Å². The van der Waals surface area contributed by atoms with Crippen molar-refractivity contribution in [2.75, 3.05) is 18.0 Å². The number of guanidine groups is 1. The Hall–Kier alpha value is -2.73. The molecule has 0 spiro atoms. The molecule has 0 aromatic heterocycles. The third-order valence-corrected chi connectivity index (χ3v) is 5.91. The minimum absolute atomic E-state index is 0.0320. The van der Waals surface area contributed by atoms with Crippen LogP contribution in [0.2, 0.25) is 5.02 Å². The van der Waals surface area contributed by atoms with Gasteiger partial charge in [-0.05, 0) is 37.0 Å². The maximum atomic E-state index is 6.32. The SMILES string of the molecule is CCC1c2cccc(Cl)c2N=C(N)N1/N=C(\N)CCN1CCCc2ccccc21. The Morgan fingerprint density at radius 2 is 2.07 bits per heavy atom. The molecule has 2 aliphatic rings. The van der Waals surface area contributed by atoms with E-state index in [1.807, 2.05) is 18.2 Å². The molecule has 1 atom stereocenters. The standard InChI is InChI=1S/C22H27ClN6/c1-2-18-16-9-5-10-17(23)21(16)26-22(25)29(18)27-20(24)12-14-28-13-6-8-15-7-3-4-11-19(15)28/h3-5,7,9-11,18H,2,6,8,12-14H2,1H3,(H2,24,27)(H2,25,26). The molecule has 1 unspecified atom stereocenters. The van der Waals surface area contributed by atoms with Crippen molar-refractivity contribution < 1.29 is 0 Å². The highest BCUT2D eigenvalue weighted by Gasteiger charge is 2.29. The van der Waals surface area contributed by atoms with Crippen molar-refractivity contribution in [2.24, 2.45) is 21.6 Å². The maximum absolute atomic E-state index is 6.32. The molecule has 4 N–H and O–H groups in total. The van der Waals surface area contributed by atoms with Gasteiger partial charge in [0.1, 0.15) is 5.84 Å². The van der Waals surface area contributed by atoms with E-state index in [4.69, 9.17) is 23.1 Å². The molecule has 0 fully saturated rings. The number of benzene rings is 2. The fourth-order valence-corrected chi connectivity index (χ4v) is 4.40. The number of hydrogen-bond acceptors (Lipinski definition) is 5. The van der Waals surface area contributed by atoms with E-state index in [9.17, 15) is 0 Å². The summed E-state index contributed by atoms with van der Waals surface area (Å²) in [4.78, 5) is 6.86. The number of anilines is 1. The fraction of sp³-hybridized carbons (Fsp3) is 0.364. The molecule has 2 aliphatic heterocycles. The lowest BCUT2D eigenvalue weighted by atomic mass is 10.0. The lowest BCUT2D eigenvalue weighted by Gasteiger charge is -2.33. The average molecular weight is 411 g/mol. The zero-order valence-electron chi connectivity index (χ0n) is 16.7. The lowest BCUT2D eigenvalue weighted by Crippen LogP contribution is -2.40. The molecule has 0 saturated heterocycles. The number of hydrazone groups is 1. The van der Waals surface area contributed by atoms with Gasteiger partial charge in [-0.2, -0.15) is 5.10 Å². The van der Waals surface area contributed by atoms with Crippen LogP contribution in [0.25, 0.3) is 0 Å². The van der Waals surface area contributed by atoms with E-state index in [0.717, 1.165) is 43.6 Å². The Morgan fingerprint density at radius 1 is 1.24 bits per heavy atom. The number of para-hydroxylation sites is 2. The molecule has 0 amide bonds. The summed E-state index contributed by atoms with van der Waals surface area (Å²) in [6.07, 6.45) is 3.78. The van der Waals surface area contributed by atoms with Crippen molar-refractivity contribution in [3.63, 3.8) is 0 Å². The van der Waals surface area contributed by atoms with Gasteiger partial charge in [0.15, 0.2) is 0 Å². The summed E-state index contributed by atoms with van der Waals surface area (Å²) in [5.74, 6) is 0.874. The van der Waals surface area contributed by atoms with Crippen LogP contribution in [0.4, 0.5) is 11.4 Å². The number of amidine groups is 1. The maximum Gasteiger partial charge on any atom is 0.218 e. The van der Waals surface area contributed by atoms with Gasteiger partial charge >= 0.3 is 0 Å². The molecule has 29 heavy (non-hydrogen) atoms. The predicted octanol–water partition coefficient (Wildman–Crippen LogP) is 4.17. The molecule has 7 heteroatoms. The molecule has 6 nitrogen and oxygen atoms in total. The number of rotatable bonds is 5. The number of aryl methyl sites for hydroxylation is 1. The second-order valence-electron chi connectivity index (χ2n) is 7.48. The number of nitrogens with zero attached hydrogens (tertiary/aromatic N) is 4. The Kier molecular flexibility index (Phi) is 5.62. The third-order valence-electron chi connectivity index (χ3n) is 5.60. The number of hydrogen-bond donors (Lipinski definition) is 2. The van der Waals surface area contributed by atoms with Crippen LogP contribution in [0.3, 0.4) is 0 Å². The van der Waals surface area contributed by atoms with E-state index in [-0.39, 0.29) is 6.04 Å². The first-order chi connectivity index (χ1) is 14.1. The summed E-state index contributed by atoms with van der Waals surface area (Å²) < 4.78 is 0. The van der Waals surface area contributed by atoms with E-state index >= 15 is 0 Å². The van der Waals surface area contributed by atoms with Crippen molar-refractivity contribution in [2.45, 2.75) is 38.6 Å². The van der Waals surface area contributed by atoms with Crippen LogP contribution in [0, 0.1) is 0 Å². The number of aliphatic imine (C=N–C) groups is 1. The Balaban J connectivity index is 1.51. The Bertz CT molecular complexity index is 954. The van der Waals surface area contributed by atoms with Crippen molar-refractivity contribution in [3.8, 4) is 0 Å². The van der Waals surface area contributed by atoms with Crippen LogP contribution in [0.5, 0.6) is 0 Å². The van der Waals surface area contributed by atoms with Gasteiger partial charge in [-0.15, -0.1) is 0 Å². The van der Waals surface area contributed by atoms with Gasteiger partial charge in [-0.25, -0.2) is 10.0 Å². The smallest absolute Gasteiger partial charge is 0.218 e. The quantitative estimate of drug-likeness (QED) is 0.572. The average Bonchev–Trinajstić information content (AvgIpc) is 2.73. The highest BCUT2D eigenvalue weighted by molar-refractivity contribution is 6.33. The summed E-state index contributed by atoms with van der Waals surface area (Å²) in [6, 6.07) is 14.3. The highest BCUT2D eigenvalue weighted by atomic mass is 35.5. The summed E-state index contributed by atoms with van der Waals surface area (Å²) in [6.45, 7) is 3.97. The van der Waals surface area contributed by atoms with Crippen molar-refractivity contribution in [3.05, 3.63) is 58.6 Å². The van der Waals surface area contributed by atoms with Gasteiger partial charge in [0, 0.05) is 30.8 Å². The van der Waals surface area contributed by atoms with Gasteiger partial charge in [0.2, 0.25) is 5.96 Å². The normalized spacial score (nSPS) is 18.9. The summed E-state index contributed by atoms with van der Waals surface area (Å²) >= 11 is 6.31. The van der Waals surface area contributed by atoms with Gasteiger partial charge < -0.3 is 16.4 Å². The summed E-state index contributed by atoms with van der Waals surface area (Å²) in [5.41, 5.74) is 17.0. The second-order valence-corrected chi connectivity index (χ2v) is 7.88. The third kappa shape index (κ3) is 3.90. The second kappa shape index (κ2) is 8.33. The first kappa shape index (κ1) is 19.6. The number of halogens is 1. The van der Waals surface area contributed by atoms with Crippen molar-refractivity contribution in [1.29, 1.82) is 0 Å². The molecule has 0 radical (unpaired) electrons. The van der Waals surface area contributed by atoms with Gasteiger partial charge in [-0.3, -0.25) is 0 Å². The number of fused-ring (bicyclic) bond motifs is 2. The van der Waals surface area contributed by atoms with Crippen LogP contribution >= 0.6 is 11.6 Å². The molecule has 2 heterocycles. The van der Waals surface area contributed by atoms with Crippen molar-refractivity contribution in [1.82, 2.24) is 5.01 Å². The van der Waals surface area contributed by atoms with E-state index in [1.165, 1.54) is 11.3 Å². The largest absolute Gasteiger partial charge is 0.386 e. The highest BCUT2D eigenvalue weighted by Crippen LogP contribution is 2.40. The van der Waals surface area contributed by atoms with Gasteiger partial charge in [-0.1, -0.05) is 48.9 Å². The Morgan fingerprint density at radius 3 is 2.90 bits per heavy atom. The summed E-state index contributed by atoms with van der Waals surface area (Å²) in [7, 11) is 0. The molecule has 0 bridgehead atoms. The minimum Gasteiger partial charge on any atom is -0.386 e. The molecular weight excluding hydrogens is 384 g/mol. The van der Waals surface area contributed by atoms with Crippen LogP contribution < -0.4 is 16.4 Å². The minimum atomic E-state index is -0.0320. The molecule has 4 rings (SSSR count). The molecule has 0 aliphatic carbocycles. The van der Waals surface area contributed by atoms with Gasteiger partial charge in [0.05, 0.1) is 16.8 Å². The monoisotopic (exact) mass is 410 g/mol. The topological polar surface area (TPSA) is 83.2 Å². The van der Waals surface area contributed by atoms with E-state index < -0.39 is 0 Å². The molecule has 2 aromatic rings. The van der Waals surface area contributed by atoms with E-state index in [0.29, 0.717) is 23.2 Å². The molecule has 0 saturated carbocycles. The van der Waals surface area contributed by atoms with Crippen LogP contribution in [0.15, 0.2) is 52.6 Å². The number of nitrogens with two attached hydrogens (primary N) is 2. The zero-order valence-corrected chi connectivity index (χ0v) is 17.4. The summed E-state index contributed by atoms with van der Waals surface area (Å²) in [5, 5.41) is 6.98. The van der Waals surface area contributed by atoms with Gasteiger partial charge in [0.25, 0.3) is 0 Å². The first-order valence-electron chi connectivity index (χ1n) is 10.2. The zero-order chi connectivity index (χ0) is 20.4. The van der Waals surface area contributed by atoms with Crippen LogP contribution in [0.1, 0.15) is 43.4 Å². The fourth-order valence-electron chi connectivity index (χ4n) is 4.17. The molecule has 2 aromatic carbocycles.